The fourth-order valence-electron chi connectivity index (χ4n) is 1.53. The number of nitrogens with zero attached hydrogens (tertiary/aromatic N) is 2. The molecule has 1 unspecified atom stereocenters. The number of aliphatic hydroxyl groups excluding tert-OH is 1. The van der Waals surface area contributed by atoms with E-state index < -0.39 is 6.10 Å². The van der Waals surface area contributed by atoms with Gasteiger partial charge in [0.1, 0.15) is 11.9 Å². The number of benzene rings is 1. The molecular weight excluding hydrogens is 176 g/mol. The molecule has 1 aromatic heterocycles. The summed E-state index contributed by atoms with van der Waals surface area (Å²) < 4.78 is 1.88. The smallest absolute Gasteiger partial charge is 0.142 e. The van der Waals surface area contributed by atoms with E-state index >= 15 is 0 Å². The minimum absolute atomic E-state index is 0.626. The highest BCUT2D eigenvalue weighted by Gasteiger charge is 2.12. The predicted octanol–water partition coefficient (Wildman–Crippen LogP) is 1.79. The highest BCUT2D eigenvalue weighted by molar-refractivity contribution is 5.75. The van der Waals surface area contributed by atoms with Crippen molar-refractivity contribution in [2.24, 2.45) is 7.05 Å². The topological polar surface area (TPSA) is 38.1 Å². The third-order valence-electron chi connectivity index (χ3n) is 2.31. The number of aryl methyl sites for hydroxylation is 1. The molecule has 72 valence electrons. The number of rotatable bonds is 2. The molecule has 1 aromatic carbocycles. The first-order valence-corrected chi connectivity index (χ1v) is 4.46. The maximum Gasteiger partial charge on any atom is 0.142 e. The van der Waals surface area contributed by atoms with Crippen LogP contribution in [0.15, 0.2) is 36.9 Å². The van der Waals surface area contributed by atoms with E-state index in [-0.39, 0.29) is 0 Å². The van der Waals surface area contributed by atoms with E-state index in [1.165, 1.54) is 6.08 Å². The average Bonchev–Trinajstić information content (AvgIpc) is 2.56. The molecule has 0 saturated heterocycles. The number of fused-ring (bicyclic) bond motifs is 1. The van der Waals surface area contributed by atoms with Gasteiger partial charge in [0.15, 0.2) is 0 Å². The van der Waals surface area contributed by atoms with E-state index in [0.29, 0.717) is 5.82 Å². The Labute approximate surface area is 82.3 Å². The molecule has 0 radical (unpaired) electrons. The minimum atomic E-state index is -0.701. The lowest BCUT2D eigenvalue weighted by Crippen LogP contribution is -2.02. The predicted molar refractivity (Wildman–Crippen MR) is 55.9 cm³/mol. The van der Waals surface area contributed by atoms with Gasteiger partial charge in [0.25, 0.3) is 0 Å². The van der Waals surface area contributed by atoms with Crippen molar-refractivity contribution in [1.82, 2.24) is 9.55 Å². The summed E-state index contributed by atoms with van der Waals surface area (Å²) >= 11 is 0. The molecule has 1 N–H and O–H groups in total. The first-order chi connectivity index (χ1) is 6.74. The van der Waals surface area contributed by atoms with Gasteiger partial charge < -0.3 is 9.67 Å². The number of aliphatic hydroxyl groups is 1. The van der Waals surface area contributed by atoms with Gasteiger partial charge in [0, 0.05) is 7.05 Å². The fraction of sp³-hybridized carbons (Fsp3) is 0.182. The number of aromatic nitrogens is 2. The van der Waals surface area contributed by atoms with Crippen molar-refractivity contribution in [1.29, 1.82) is 0 Å². The Morgan fingerprint density at radius 1 is 1.50 bits per heavy atom. The molecule has 1 heterocycles. The largest absolute Gasteiger partial charge is 0.381 e. The number of imidazole rings is 1. The normalized spacial score (nSPS) is 13.0. The number of hydrogen-bond donors (Lipinski definition) is 1. The Hall–Kier alpha value is -1.61. The fourth-order valence-corrected chi connectivity index (χ4v) is 1.53. The molecular formula is C11H12N2O. The molecule has 0 saturated carbocycles. The van der Waals surface area contributed by atoms with Crippen LogP contribution in [0, 0.1) is 0 Å². The standard InChI is InChI=1S/C11H12N2O/c1-3-10(14)11-12-8-6-4-5-7-9(8)13(11)2/h3-7,10,14H,1H2,2H3. The van der Waals surface area contributed by atoms with Crippen molar-refractivity contribution in [3.05, 3.63) is 42.7 Å². The summed E-state index contributed by atoms with van der Waals surface area (Å²) in [5, 5.41) is 9.61. The van der Waals surface area contributed by atoms with E-state index in [2.05, 4.69) is 11.6 Å². The van der Waals surface area contributed by atoms with Gasteiger partial charge in [0.2, 0.25) is 0 Å². The van der Waals surface area contributed by atoms with Crippen LogP contribution in [-0.2, 0) is 7.05 Å². The Morgan fingerprint density at radius 3 is 2.86 bits per heavy atom. The van der Waals surface area contributed by atoms with Gasteiger partial charge in [-0.2, -0.15) is 0 Å². The molecule has 0 amide bonds. The average molecular weight is 188 g/mol. The third-order valence-corrected chi connectivity index (χ3v) is 2.31. The van der Waals surface area contributed by atoms with Gasteiger partial charge in [-0.15, -0.1) is 6.58 Å². The Kier molecular flexibility index (Phi) is 2.09. The van der Waals surface area contributed by atoms with Crippen LogP contribution in [0.3, 0.4) is 0 Å². The summed E-state index contributed by atoms with van der Waals surface area (Å²) in [5.74, 6) is 0.626. The van der Waals surface area contributed by atoms with E-state index in [4.69, 9.17) is 0 Å². The van der Waals surface area contributed by atoms with Gasteiger partial charge in [-0.25, -0.2) is 4.98 Å². The second-order valence-corrected chi connectivity index (χ2v) is 3.20. The lowest BCUT2D eigenvalue weighted by molar-refractivity contribution is 0.215. The molecule has 0 spiro atoms. The van der Waals surface area contributed by atoms with Gasteiger partial charge >= 0.3 is 0 Å². The van der Waals surface area contributed by atoms with Crippen molar-refractivity contribution in [3.63, 3.8) is 0 Å². The Bertz CT molecular complexity index is 473. The SMILES string of the molecule is C=CC(O)c1nc2ccccc2n1C. The highest BCUT2D eigenvalue weighted by Crippen LogP contribution is 2.19. The zero-order valence-electron chi connectivity index (χ0n) is 8.01. The van der Waals surface area contributed by atoms with Crippen LogP contribution in [0.4, 0.5) is 0 Å². The summed E-state index contributed by atoms with van der Waals surface area (Å²) in [6, 6.07) is 7.78. The summed E-state index contributed by atoms with van der Waals surface area (Å²) in [6.07, 6.45) is 0.772. The van der Waals surface area contributed by atoms with Gasteiger partial charge in [-0.05, 0) is 12.1 Å². The summed E-state index contributed by atoms with van der Waals surface area (Å²) in [5.41, 5.74) is 1.91. The molecule has 1 atom stereocenters. The van der Waals surface area contributed by atoms with Crippen LogP contribution in [-0.4, -0.2) is 14.7 Å². The maximum absolute atomic E-state index is 9.61. The van der Waals surface area contributed by atoms with E-state index in [1.807, 2.05) is 35.9 Å². The van der Waals surface area contributed by atoms with Gasteiger partial charge in [0.05, 0.1) is 11.0 Å². The van der Waals surface area contributed by atoms with Crippen LogP contribution in [0.1, 0.15) is 11.9 Å². The van der Waals surface area contributed by atoms with Crippen LogP contribution < -0.4 is 0 Å². The molecule has 0 bridgehead atoms. The van der Waals surface area contributed by atoms with Crippen LogP contribution in [0.5, 0.6) is 0 Å². The van der Waals surface area contributed by atoms with E-state index in [1.54, 1.807) is 0 Å². The maximum atomic E-state index is 9.61. The Morgan fingerprint density at radius 2 is 2.21 bits per heavy atom. The zero-order chi connectivity index (χ0) is 10.1. The molecule has 0 aliphatic heterocycles. The first kappa shape index (κ1) is 8.97. The monoisotopic (exact) mass is 188 g/mol. The highest BCUT2D eigenvalue weighted by atomic mass is 16.3. The van der Waals surface area contributed by atoms with Crippen LogP contribution in [0.25, 0.3) is 11.0 Å². The zero-order valence-corrected chi connectivity index (χ0v) is 8.01. The number of hydrogen-bond acceptors (Lipinski definition) is 2. The van der Waals surface area contributed by atoms with E-state index in [0.717, 1.165) is 11.0 Å². The molecule has 2 rings (SSSR count). The molecule has 0 aliphatic carbocycles. The Balaban J connectivity index is 2.68. The molecule has 0 fully saturated rings. The molecule has 2 aromatic rings. The quantitative estimate of drug-likeness (QED) is 0.730. The van der Waals surface area contributed by atoms with Gasteiger partial charge in [-0.1, -0.05) is 18.2 Å². The molecule has 3 nitrogen and oxygen atoms in total. The van der Waals surface area contributed by atoms with E-state index in [9.17, 15) is 5.11 Å². The minimum Gasteiger partial charge on any atom is -0.381 e. The number of para-hydroxylation sites is 2. The second kappa shape index (κ2) is 3.27. The van der Waals surface area contributed by atoms with Crippen molar-refractivity contribution >= 4 is 11.0 Å². The lowest BCUT2D eigenvalue weighted by Gasteiger charge is -2.04. The molecule has 0 aliphatic rings. The molecule has 3 heteroatoms. The lowest BCUT2D eigenvalue weighted by atomic mass is 10.3. The summed E-state index contributed by atoms with van der Waals surface area (Å²) in [7, 11) is 1.89. The van der Waals surface area contributed by atoms with Crippen molar-refractivity contribution in [3.8, 4) is 0 Å². The van der Waals surface area contributed by atoms with Crippen molar-refractivity contribution in [2.75, 3.05) is 0 Å². The van der Waals surface area contributed by atoms with Gasteiger partial charge in [-0.3, -0.25) is 0 Å². The van der Waals surface area contributed by atoms with Crippen LogP contribution >= 0.6 is 0 Å². The third kappa shape index (κ3) is 1.22. The summed E-state index contributed by atoms with van der Waals surface area (Å²) in [4.78, 5) is 4.32. The summed E-state index contributed by atoms with van der Waals surface area (Å²) in [6.45, 7) is 3.54. The van der Waals surface area contributed by atoms with Crippen molar-refractivity contribution in [2.45, 2.75) is 6.10 Å². The second-order valence-electron chi connectivity index (χ2n) is 3.20. The molecule has 14 heavy (non-hydrogen) atoms. The van der Waals surface area contributed by atoms with Crippen LogP contribution in [0.2, 0.25) is 0 Å². The van der Waals surface area contributed by atoms with Crippen molar-refractivity contribution < 1.29 is 5.11 Å². The first-order valence-electron chi connectivity index (χ1n) is 4.46.